The molecule has 140 valence electrons. The normalized spacial score (nSPS) is 11.4. The highest BCUT2D eigenvalue weighted by atomic mass is 19.4. The first-order valence-electron chi connectivity index (χ1n) is 7.90. The number of anilines is 1. The van der Waals surface area contributed by atoms with Gasteiger partial charge in [0.25, 0.3) is 0 Å². The molecule has 0 aliphatic heterocycles. The van der Waals surface area contributed by atoms with Gasteiger partial charge in [-0.1, -0.05) is 12.1 Å². The van der Waals surface area contributed by atoms with Crippen LogP contribution in [0.1, 0.15) is 21.5 Å². The van der Waals surface area contributed by atoms with Gasteiger partial charge in [0.15, 0.2) is 0 Å². The second kappa shape index (κ2) is 7.14. The summed E-state index contributed by atoms with van der Waals surface area (Å²) in [7, 11) is 1.50. The summed E-state index contributed by atoms with van der Waals surface area (Å²) in [6.07, 6.45) is -4.44. The molecular formula is C19H15F3N2O3. The van der Waals surface area contributed by atoms with Gasteiger partial charge in [-0.3, -0.25) is 0 Å². The molecule has 0 atom stereocenters. The summed E-state index contributed by atoms with van der Waals surface area (Å²) >= 11 is 0. The molecule has 3 rings (SSSR count). The van der Waals surface area contributed by atoms with Crippen molar-refractivity contribution in [1.82, 2.24) is 4.98 Å². The number of halogens is 3. The van der Waals surface area contributed by atoms with Crippen LogP contribution in [0.2, 0.25) is 0 Å². The third kappa shape index (κ3) is 4.11. The molecule has 0 unspecified atom stereocenters. The smallest absolute Gasteiger partial charge is 0.416 e. The molecule has 0 aliphatic carbocycles. The van der Waals surface area contributed by atoms with Crippen LogP contribution >= 0.6 is 0 Å². The van der Waals surface area contributed by atoms with Gasteiger partial charge in [0, 0.05) is 18.0 Å². The van der Waals surface area contributed by atoms with E-state index in [9.17, 15) is 23.1 Å². The maximum absolute atomic E-state index is 12.8. The number of ether oxygens (including phenoxy) is 1. The summed E-state index contributed by atoms with van der Waals surface area (Å²) < 4.78 is 43.6. The summed E-state index contributed by atoms with van der Waals surface area (Å²) in [4.78, 5) is 15.8. The highest BCUT2D eigenvalue weighted by Gasteiger charge is 2.30. The Labute approximate surface area is 152 Å². The van der Waals surface area contributed by atoms with Gasteiger partial charge in [-0.05, 0) is 35.9 Å². The van der Waals surface area contributed by atoms with Crippen LogP contribution in [0.25, 0.3) is 10.9 Å². The second-order valence-corrected chi connectivity index (χ2v) is 5.80. The standard InChI is InChI=1S/C19H15F3N2O3/c1-27-14-6-5-12-8-15(18(25)26)17(24-16(12)9-14)23-10-11-3-2-4-13(7-11)19(20,21)22/h2-9H,10H2,1H3,(H,23,24)(H,25,26). The molecule has 1 heterocycles. The van der Waals surface area contributed by atoms with Gasteiger partial charge >= 0.3 is 12.1 Å². The summed E-state index contributed by atoms with van der Waals surface area (Å²) in [6, 6.07) is 11.3. The zero-order chi connectivity index (χ0) is 19.6. The van der Waals surface area contributed by atoms with E-state index >= 15 is 0 Å². The number of rotatable bonds is 5. The van der Waals surface area contributed by atoms with E-state index < -0.39 is 17.7 Å². The number of benzene rings is 2. The maximum Gasteiger partial charge on any atom is 0.416 e. The molecule has 0 aliphatic rings. The van der Waals surface area contributed by atoms with E-state index in [2.05, 4.69) is 10.3 Å². The number of hydrogen-bond acceptors (Lipinski definition) is 4. The number of pyridine rings is 1. The lowest BCUT2D eigenvalue weighted by atomic mass is 10.1. The monoisotopic (exact) mass is 376 g/mol. The van der Waals surface area contributed by atoms with Crippen molar-refractivity contribution in [2.45, 2.75) is 12.7 Å². The van der Waals surface area contributed by atoms with Crippen LogP contribution in [-0.2, 0) is 12.7 Å². The van der Waals surface area contributed by atoms with E-state index in [1.54, 1.807) is 18.2 Å². The fraction of sp³-hybridized carbons (Fsp3) is 0.158. The molecule has 27 heavy (non-hydrogen) atoms. The SMILES string of the molecule is COc1ccc2cc(C(=O)O)c(NCc3cccc(C(F)(F)F)c3)nc2c1. The lowest BCUT2D eigenvalue weighted by Crippen LogP contribution is -2.10. The van der Waals surface area contributed by atoms with Crippen molar-refractivity contribution >= 4 is 22.7 Å². The van der Waals surface area contributed by atoms with Gasteiger partial charge < -0.3 is 15.2 Å². The Kier molecular flexibility index (Phi) is 4.89. The number of nitrogens with one attached hydrogen (secondary N) is 1. The maximum atomic E-state index is 12.8. The molecule has 8 heteroatoms. The Morgan fingerprint density at radius 3 is 2.63 bits per heavy atom. The largest absolute Gasteiger partial charge is 0.497 e. The average Bonchev–Trinajstić information content (AvgIpc) is 2.64. The third-order valence-electron chi connectivity index (χ3n) is 3.97. The number of hydrogen-bond donors (Lipinski definition) is 2. The summed E-state index contributed by atoms with van der Waals surface area (Å²) in [5.74, 6) is -0.561. The second-order valence-electron chi connectivity index (χ2n) is 5.80. The molecule has 3 aromatic rings. The quantitative estimate of drug-likeness (QED) is 0.682. The molecule has 0 saturated heterocycles. The molecule has 0 spiro atoms. The molecular weight excluding hydrogens is 361 g/mol. The van der Waals surface area contributed by atoms with Gasteiger partial charge in [-0.15, -0.1) is 0 Å². The number of methoxy groups -OCH3 is 1. The van der Waals surface area contributed by atoms with Crippen molar-refractivity contribution in [2.24, 2.45) is 0 Å². The fourth-order valence-corrected chi connectivity index (χ4v) is 2.62. The zero-order valence-electron chi connectivity index (χ0n) is 14.2. The summed E-state index contributed by atoms with van der Waals surface area (Å²) in [6.45, 7) is -0.00727. The number of carboxylic acid groups (broad SMARTS) is 1. The first-order valence-corrected chi connectivity index (χ1v) is 7.90. The number of carboxylic acids is 1. The number of aromatic carboxylic acids is 1. The molecule has 1 aromatic heterocycles. The van der Waals surface area contributed by atoms with Crippen LogP contribution in [0.3, 0.4) is 0 Å². The van der Waals surface area contributed by atoms with Gasteiger partial charge in [0.2, 0.25) is 0 Å². The molecule has 0 radical (unpaired) electrons. The number of nitrogens with zero attached hydrogens (tertiary/aromatic N) is 1. The van der Waals surface area contributed by atoms with E-state index in [-0.39, 0.29) is 17.9 Å². The Morgan fingerprint density at radius 1 is 1.19 bits per heavy atom. The highest BCUT2D eigenvalue weighted by Crippen LogP contribution is 2.30. The van der Waals surface area contributed by atoms with Crippen molar-refractivity contribution in [3.8, 4) is 5.75 Å². The van der Waals surface area contributed by atoms with E-state index in [4.69, 9.17) is 4.74 Å². The minimum Gasteiger partial charge on any atom is -0.497 e. The minimum atomic E-state index is -4.44. The molecule has 0 fully saturated rings. The van der Waals surface area contributed by atoms with Gasteiger partial charge in [-0.25, -0.2) is 9.78 Å². The summed E-state index contributed by atoms with van der Waals surface area (Å²) in [5, 5.41) is 12.8. The molecule has 0 amide bonds. The zero-order valence-corrected chi connectivity index (χ0v) is 14.2. The van der Waals surface area contributed by atoms with Crippen molar-refractivity contribution in [3.63, 3.8) is 0 Å². The van der Waals surface area contributed by atoms with E-state index in [1.165, 1.54) is 25.3 Å². The predicted molar refractivity (Wildman–Crippen MR) is 94.0 cm³/mol. The number of aromatic nitrogens is 1. The topological polar surface area (TPSA) is 71.5 Å². The van der Waals surface area contributed by atoms with Crippen LogP contribution in [0, 0.1) is 0 Å². The van der Waals surface area contributed by atoms with Crippen molar-refractivity contribution < 1.29 is 27.8 Å². The van der Waals surface area contributed by atoms with Crippen molar-refractivity contribution in [1.29, 1.82) is 0 Å². The van der Waals surface area contributed by atoms with Gasteiger partial charge in [0.05, 0.1) is 18.2 Å². The highest BCUT2D eigenvalue weighted by molar-refractivity contribution is 5.98. The van der Waals surface area contributed by atoms with Crippen LogP contribution in [-0.4, -0.2) is 23.2 Å². The number of fused-ring (bicyclic) bond motifs is 1. The average molecular weight is 376 g/mol. The summed E-state index contributed by atoms with van der Waals surface area (Å²) in [5.41, 5.74) is 0.0238. The number of alkyl halides is 3. The fourth-order valence-electron chi connectivity index (χ4n) is 2.62. The Balaban J connectivity index is 1.93. The van der Waals surface area contributed by atoms with Gasteiger partial charge in [0.1, 0.15) is 17.1 Å². The van der Waals surface area contributed by atoms with Crippen molar-refractivity contribution in [2.75, 3.05) is 12.4 Å². The molecule has 0 bridgehead atoms. The molecule has 0 saturated carbocycles. The molecule has 5 nitrogen and oxygen atoms in total. The lowest BCUT2D eigenvalue weighted by molar-refractivity contribution is -0.137. The van der Waals surface area contributed by atoms with Crippen LogP contribution in [0.15, 0.2) is 48.5 Å². The van der Waals surface area contributed by atoms with Crippen LogP contribution < -0.4 is 10.1 Å². The molecule has 2 aromatic carbocycles. The van der Waals surface area contributed by atoms with Crippen LogP contribution in [0.4, 0.5) is 19.0 Å². The first-order chi connectivity index (χ1) is 12.8. The Hall–Kier alpha value is -3.29. The number of carbonyl (C=O) groups is 1. The van der Waals surface area contributed by atoms with Crippen LogP contribution in [0.5, 0.6) is 5.75 Å². The Bertz CT molecular complexity index is 1000. The first kappa shape index (κ1) is 18.5. The lowest BCUT2D eigenvalue weighted by Gasteiger charge is -2.12. The molecule has 2 N–H and O–H groups in total. The van der Waals surface area contributed by atoms with E-state index in [0.717, 1.165) is 12.1 Å². The van der Waals surface area contributed by atoms with E-state index in [0.29, 0.717) is 22.2 Å². The Morgan fingerprint density at radius 2 is 1.96 bits per heavy atom. The minimum absolute atomic E-state index is 0.00727. The predicted octanol–water partition coefficient (Wildman–Crippen LogP) is 4.57. The van der Waals surface area contributed by atoms with Crippen molar-refractivity contribution in [3.05, 3.63) is 65.2 Å². The third-order valence-corrected chi connectivity index (χ3v) is 3.97. The van der Waals surface area contributed by atoms with E-state index in [1.807, 2.05) is 0 Å². The van der Waals surface area contributed by atoms with Gasteiger partial charge in [-0.2, -0.15) is 13.2 Å².